The van der Waals surface area contributed by atoms with Crippen LogP contribution in [0.3, 0.4) is 0 Å². The largest absolute Gasteiger partial charge is 0.368 e. The van der Waals surface area contributed by atoms with Crippen LogP contribution in [0.1, 0.15) is 31.2 Å². The molecule has 2 aromatic rings. The second-order valence-electron chi connectivity index (χ2n) is 7.85. The van der Waals surface area contributed by atoms with E-state index in [4.69, 9.17) is 5.73 Å². The molecule has 2 aromatic carbocycles. The third kappa shape index (κ3) is 4.61. The quantitative estimate of drug-likeness (QED) is 0.721. The second-order valence-corrected chi connectivity index (χ2v) is 7.85. The molecule has 1 fully saturated rings. The molecule has 166 valence electrons. The number of hydrazone groups is 1. The standard InChI is InChI=1S/C23H24FN5O3/c24-16-7-9-17(10-8-16)29-20(22(25)31)13-19(27-29)23(32)26-14-15-4-3-5-18(12-15)28-11-2-1-6-21(28)30/h3-5,7-10,12,20H,1-2,6,11,13-14H2,(H2,25,31)(H,26,32). The SMILES string of the molecule is NC(=O)C1CC(C(=O)NCc2cccc(N3CCCCC3=O)c2)=NN1c1ccc(F)cc1. The minimum Gasteiger partial charge on any atom is -0.368 e. The fraction of sp³-hybridized carbons (Fsp3) is 0.304. The topological polar surface area (TPSA) is 108 Å². The minimum absolute atomic E-state index is 0.0564. The van der Waals surface area contributed by atoms with Gasteiger partial charge in [0.25, 0.3) is 5.91 Å². The zero-order valence-electron chi connectivity index (χ0n) is 17.5. The number of nitrogens with one attached hydrogen (secondary N) is 1. The van der Waals surface area contributed by atoms with Gasteiger partial charge in [0.05, 0.1) is 5.69 Å². The van der Waals surface area contributed by atoms with Gasteiger partial charge in [0.1, 0.15) is 17.6 Å². The molecule has 0 aliphatic carbocycles. The van der Waals surface area contributed by atoms with Gasteiger partial charge in [-0.1, -0.05) is 12.1 Å². The van der Waals surface area contributed by atoms with Gasteiger partial charge in [0.2, 0.25) is 11.8 Å². The second kappa shape index (κ2) is 9.17. The van der Waals surface area contributed by atoms with E-state index in [0.29, 0.717) is 18.7 Å². The summed E-state index contributed by atoms with van der Waals surface area (Å²) >= 11 is 0. The van der Waals surface area contributed by atoms with Crippen LogP contribution in [-0.2, 0) is 20.9 Å². The molecule has 2 heterocycles. The normalized spacial score (nSPS) is 18.5. The predicted molar refractivity (Wildman–Crippen MR) is 118 cm³/mol. The van der Waals surface area contributed by atoms with Crippen LogP contribution in [0.15, 0.2) is 53.6 Å². The van der Waals surface area contributed by atoms with E-state index in [1.54, 1.807) is 4.90 Å². The van der Waals surface area contributed by atoms with Gasteiger partial charge in [0, 0.05) is 31.6 Å². The van der Waals surface area contributed by atoms with E-state index in [9.17, 15) is 18.8 Å². The van der Waals surface area contributed by atoms with Crippen molar-refractivity contribution in [1.82, 2.24) is 5.32 Å². The number of nitrogens with two attached hydrogens (primary N) is 1. The van der Waals surface area contributed by atoms with Gasteiger partial charge < -0.3 is 16.0 Å². The van der Waals surface area contributed by atoms with Crippen LogP contribution in [0.25, 0.3) is 0 Å². The Morgan fingerprint density at radius 2 is 1.91 bits per heavy atom. The lowest BCUT2D eigenvalue weighted by Gasteiger charge is -2.27. The highest BCUT2D eigenvalue weighted by Crippen LogP contribution is 2.25. The first-order valence-corrected chi connectivity index (χ1v) is 10.5. The molecule has 0 aromatic heterocycles. The molecule has 1 atom stereocenters. The first-order chi connectivity index (χ1) is 15.4. The molecule has 0 radical (unpaired) electrons. The molecular weight excluding hydrogens is 413 g/mol. The first kappa shape index (κ1) is 21.5. The van der Waals surface area contributed by atoms with Gasteiger partial charge in [-0.2, -0.15) is 5.10 Å². The molecule has 4 rings (SSSR count). The Labute approximate surface area is 184 Å². The smallest absolute Gasteiger partial charge is 0.267 e. The van der Waals surface area contributed by atoms with Crippen LogP contribution >= 0.6 is 0 Å². The summed E-state index contributed by atoms with van der Waals surface area (Å²) in [6.45, 7) is 0.935. The van der Waals surface area contributed by atoms with Crippen LogP contribution in [0.4, 0.5) is 15.8 Å². The van der Waals surface area contributed by atoms with Crippen LogP contribution in [0, 0.1) is 5.82 Å². The summed E-state index contributed by atoms with van der Waals surface area (Å²) in [4.78, 5) is 38.5. The summed E-state index contributed by atoms with van der Waals surface area (Å²) in [6.07, 6.45) is 2.49. The highest BCUT2D eigenvalue weighted by Gasteiger charge is 2.35. The van der Waals surface area contributed by atoms with Crippen molar-refractivity contribution < 1.29 is 18.8 Å². The first-order valence-electron chi connectivity index (χ1n) is 10.5. The summed E-state index contributed by atoms with van der Waals surface area (Å²) in [5, 5.41) is 8.42. The van der Waals surface area contributed by atoms with E-state index in [0.717, 1.165) is 24.1 Å². The van der Waals surface area contributed by atoms with Gasteiger partial charge >= 0.3 is 0 Å². The lowest BCUT2D eigenvalue weighted by Crippen LogP contribution is -2.39. The highest BCUT2D eigenvalue weighted by molar-refractivity contribution is 6.40. The van der Waals surface area contributed by atoms with Crippen LogP contribution in [0.5, 0.6) is 0 Å². The Morgan fingerprint density at radius 3 is 2.62 bits per heavy atom. The zero-order valence-corrected chi connectivity index (χ0v) is 17.5. The van der Waals surface area contributed by atoms with Gasteiger partial charge in [-0.15, -0.1) is 0 Å². The maximum atomic E-state index is 13.2. The van der Waals surface area contributed by atoms with Gasteiger partial charge in [0.15, 0.2) is 0 Å². The zero-order chi connectivity index (χ0) is 22.7. The number of nitrogens with zero attached hydrogens (tertiary/aromatic N) is 3. The monoisotopic (exact) mass is 437 g/mol. The number of carbonyl (C=O) groups is 3. The van der Waals surface area contributed by atoms with E-state index in [1.165, 1.54) is 29.3 Å². The number of hydrogen-bond acceptors (Lipinski definition) is 5. The molecule has 3 N–H and O–H groups in total. The molecule has 2 aliphatic rings. The summed E-state index contributed by atoms with van der Waals surface area (Å²) in [5.41, 5.74) is 7.78. The Kier molecular flexibility index (Phi) is 6.16. The van der Waals surface area contributed by atoms with Crippen molar-refractivity contribution in [3.63, 3.8) is 0 Å². The molecule has 3 amide bonds. The summed E-state index contributed by atoms with van der Waals surface area (Å²) in [6, 6.07) is 12.1. The molecule has 1 unspecified atom stereocenters. The lowest BCUT2D eigenvalue weighted by atomic mass is 10.1. The van der Waals surface area contributed by atoms with E-state index >= 15 is 0 Å². The van der Waals surface area contributed by atoms with E-state index < -0.39 is 23.7 Å². The van der Waals surface area contributed by atoms with Crippen LogP contribution in [0.2, 0.25) is 0 Å². The summed E-state index contributed by atoms with van der Waals surface area (Å²) in [7, 11) is 0. The van der Waals surface area contributed by atoms with Crippen molar-refractivity contribution in [2.75, 3.05) is 16.5 Å². The maximum absolute atomic E-state index is 13.2. The predicted octanol–water partition coefficient (Wildman–Crippen LogP) is 2.08. The molecule has 0 spiro atoms. The maximum Gasteiger partial charge on any atom is 0.267 e. The summed E-state index contributed by atoms with van der Waals surface area (Å²) < 4.78 is 13.2. The van der Waals surface area contributed by atoms with E-state index in [-0.39, 0.29) is 24.6 Å². The average Bonchev–Trinajstić information content (AvgIpc) is 3.24. The molecule has 9 heteroatoms. The number of amides is 3. The Hall–Kier alpha value is -3.75. The highest BCUT2D eigenvalue weighted by atomic mass is 19.1. The molecule has 8 nitrogen and oxygen atoms in total. The average molecular weight is 437 g/mol. The number of anilines is 2. The number of primary amides is 1. The lowest BCUT2D eigenvalue weighted by molar-refractivity contribution is -0.120. The number of hydrogen-bond donors (Lipinski definition) is 2. The third-order valence-corrected chi connectivity index (χ3v) is 5.59. The molecule has 0 bridgehead atoms. The molecule has 0 saturated carbocycles. The third-order valence-electron chi connectivity index (χ3n) is 5.59. The molecular formula is C23H24FN5O3. The number of rotatable bonds is 6. The molecule has 2 aliphatic heterocycles. The van der Waals surface area contributed by atoms with Crippen molar-refractivity contribution in [3.05, 3.63) is 59.9 Å². The Balaban J connectivity index is 1.44. The minimum atomic E-state index is -0.824. The van der Waals surface area contributed by atoms with Crippen molar-refractivity contribution in [2.45, 2.75) is 38.3 Å². The van der Waals surface area contributed by atoms with Gasteiger partial charge in [-0.3, -0.25) is 19.4 Å². The van der Waals surface area contributed by atoms with Crippen molar-refractivity contribution >= 4 is 34.8 Å². The number of piperidine rings is 1. The number of carbonyl (C=O) groups excluding carboxylic acids is 3. The van der Waals surface area contributed by atoms with E-state index in [2.05, 4.69) is 10.4 Å². The van der Waals surface area contributed by atoms with Gasteiger partial charge in [-0.25, -0.2) is 4.39 Å². The molecule has 32 heavy (non-hydrogen) atoms. The van der Waals surface area contributed by atoms with Crippen molar-refractivity contribution in [3.8, 4) is 0 Å². The fourth-order valence-electron chi connectivity index (χ4n) is 3.90. The summed E-state index contributed by atoms with van der Waals surface area (Å²) in [5.74, 6) is -1.35. The van der Waals surface area contributed by atoms with E-state index in [1.807, 2.05) is 24.3 Å². The van der Waals surface area contributed by atoms with Gasteiger partial charge in [-0.05, 0) is 54.8 Å². The fourth-order valence-corrected chi connectivity index (χ4v) is 3.90. The van der Waals surface area contributed by atoms with Crippen molar-refractivity contribution in [1.29, 1.82) is 0 Å². The van der Waals surface area contributed by atoms with Crippen molar-refractivity contribution in [2.24, 2.45) is 10.8 Å². The molecule has 1 saturated heterocycles. The van der Waals surface area contributed by atoms with Crippen LogP contribution < -0.4 is 21.0 Å². The van der Waals surface area contributed by atoms with Crippen LogP contribution in [-0.4, -0.2) is 36.0 Å². The number of halogens is 1. The Morgan fingerprint density at radius 1 is 1.12 bits per heavy atom. The Bertz CT molecular complexity index is 1070. The number of benzene rings is 2.